The van der Waals surface area contributed by atoms with Gasteiger partial charge in [-0.3, -0.25) is 9.59 Å². The van der Waals surface area contributed by atoms with E-state index in [0.29, 0.717) is 28.7 Å². The van der Waals surface area contributed by atoms with Crippen molar-refractivity contribution in [3.8, 4) is 0 Å². The van der Waals surface area contributed by atoms with Crippen LogP contribution in [0, 0.1) is 5.41 Å². The summed E-state index contributed by atoms with van der Waals surface area (Å²) >= 11 is 12.5. The van der Waals surface area contributed by atoms with Gasteiger partial charge in [-0.25, -0.2) is 0 Å². The number of piperidine rings is 2. The number of rotatable bonds is 4. The second kappa shape index (κ2) is 11.7. The third-order valence-electron chi connectivity index (χ3n) is 9.46. The molecule has 3 aliphatic rings. The number of carbonyl (C=O) groups is 2. The lowest BCUT2D eigenvalue weighted by molar-refractivity contribution is -0.137. The molecule has 2 saturated heterocycles. The van der Waals surface area contributed by atoms with Gasteiger partial charge in [0.05, 0.1) is 27.2 Å². The van der Waals surface area contributed by atoms with E-state index in [4.69, 9.17) is 23.2 Å². The van der Waals surface area contributed by atoms with Crippen LogP contribution in [0.15, 0.2) is 60.7 Å². The molecule has 1 atom stereocenters. The van der Waals surface area contributed by atoms with Crippen molar-refractivity contribution in [3.63, 3.8) is 0 Å². The van der Waals surface area contributed by atoms with E-state index in [1.54, 1.807) is 30.3 Å². The zero-order valence-corrected chi connectivity index (χ0v) is 25.0. The van der Waals surface area contributed by atoms with E-state index in [9.17, 15) is 22.8 Å². The summed E-state index contributed by atoms with van der Waals surface area (Å²) in [6.07, 6.45) is 0.914. The van der Waals surface area contributed by atoms with Gasteiger partial charge >= 0.3 is 6.18 Å². The summed E-state index contributed by atoms with van der Waals surface area (Å²) in [5, 5.41) is 3.64. The third kappa shape index (κ3) is 6.09. The highest BCUT2D eigenvalue weighted by Crippen LogP contribution is 2.43. The molecule has 1 spiro atoms. The highest BCUT2D eigenvalue weighted by molar-refractivity contribution is 6.39. The summed E-state index contributed by atoms with van der Waals surface area (Å²) in [6.45, 7) is 2.91. The molecule has 2 fully saturated rings. The van der Waals surface area contributed by atoms with Crippen LogP contribution in [-0.4, -0.2) is 42.9 Å². The van der Waals surface area contributed by atoms with Crippen molar-refractivity contribution in [1.29, 1.82) is 0 Å². The van der Waals surface area contributed by atoms with E-state index in [2.05, 4.69) is 10.2 Å². The maximum absolute atomic E-state index is 13.6. The Morgan fingerprint density at radius 2 is 1.49 bits per heavy atom. The Labute approximate surface area is 258 Å². The molecule has 2 aliphatic heterocycles. The molecule has 3 aromatic carbocycles. The van der Waals surface area contributed by atoms with Gasteiger partial charge in [0.15, 0.2) is 0 Å². The van der Waals surface area contributed by atoms with E-state index in [0.717, 1.165) is 80.6 Å². The second-order valence-corrected chi connectivity index (χ2v) is 12.7. The zero-order chi connectivity index (χ0) is 30.4. The Hall–Kier alpha value is -3.23. The Balaban J connectivity index is 1.06. The van der Waals surface area contributed by atoms with Crippen molar-refractivity contribution >= 4 is 40.7 Å². The first kappa shape index (κ1) is 29.8. The molecular weight excluding hydrogens is 598 g/mol. The van der Waals surface area contributed by atoms with Gasteiger partial charge in [-0.2, -0.15) is 13.2 Å². The lowest BCUT2D eigenvalue weighted by Crippen LogP contribution is -2.48. The van der Waals surface area contributed by atoms with E-state index < -0.39 is 11.7 Å². The van der Waals surface area contributed by atoms with Crippen molar-refractivity contribution in [2.45, 2.75) is 50.7 Å². The van der Waals surface area contributed by atoms with Crippen LogP contribution in [0.5, 0.6) is 0 Å². The Bertz CT molecular complexity index is 1510. The van der Waals surface area contributed by atoms with E-state index in [1.165, 1.54) is 0 Å². The largest absolute Gasteiger partial charge is 0.416 e. The predicted octanol–water partition coefficient (Wildman–Crippen LogP) is 7.95. The number of aryl methyl sites for hydroxylation is 1. The van der Waals surface area contributed by atoms with Crippen molar-refractivity contribution < 1.29 is 22.8 Å². The maximum atomic E-state index is 13.6. The van der Waals surface area contributed by atoms with Gasteiger partial charge in [-0.15, -0.1) is 0 Å². The minimum absolute atomic E-state index is 0.00837. The molecule has 0 radical (unpaired) electrons. The summed E-state index contributed by atoms with van der Waals surface area (Å²) < 4.78 is 38.8. The molecule has 226 valence electrons. The molecule has 5 nitrogen and oxygen atoms in total. The fourth-order valence-electron chi connectivity index (χ4n) is 6.80. The molecule has 1 unspecified atom stereocenters. The maximum Gasteiger partial charge on any atom is 0.416 e. The molecule has 3 aromatic rings. The van der Waals surface area contributed by atoms with Crippen LogP contribution in [0.2, 0.25) is 10.0 Å². The number of carbonyl (C=O) groups excluding carboxylic acids is 2. The van der Waals surface area contributed by atoms with Crippen molar-refractivity contribution in [1.82, 2.24) is 10.2 Å². The fourth-order valence-corrected chi connectivity index (χ4v) is 7.37. The third-order valence-corrected chi connectivity index (χ3v) is 10.1. The number of fused-ring (bicyclic) bond motifs is 1. The normalized spacial score (nSPS) is 19.8. The van der Waals surface area contributed by atoms with E-state index >= 15 is 0 Å². The van der Waals surface area contributed by atoms with Crippen LogP contribution in [-0.2, 0) is 12.6 Å². The Kier molecular flexibility index (Phi) is 8.11. The standard InChI is InChI=1S/C33H32Cl2F3N3O2/c34-26-2-1-3-27(35)29(26)30(42)39-28-11-6-21-4-5-22(20-25(21)28)31(43)41-18-14-32(15-19-41)12-16-40(17-13-32)24-9-7-23(8-10-24)33(36,37)38/h1-5,7-10,20,28H,6,11-19H2,(H,39,42). The van der Waals surface area contributed by atoms with Crippen LogP contribution in [0.25, 0.3) is 0 Å². The summed E-state index contributed by atoms with van der Waals surface area (Å²) in [4.78, 5) is 30.7. The minimum atomic E-state index is -4.33. The molecule has 0 saturated carbocycles. The molecule has 10 heteroatoms. The van der Waals surface area contributed by atoms with Crippen LogP contribution >= 0.6 is 23.2 Å². The number of likely N-dealkylation sites (tertiary alicyclic amines) is 1. The molecule has 43 heavy (non-hydrogen) atoms. The van der Waals surface area contributed by atoms with Crippen LogP contribution in [0.1, 0.15) is 75.6 Å². The average molecular weight is 631 g/mol. The van der Waals surface area contributed by atoms with Gasteiger partial charge in [-0.05, 0) is 104 Å². The number of nitrogens with one attached hydrogen (secondary N) is 1. The van der Waals surface area contributed by atoms with Gasteiger partial charge in [0.2, 0.25) is 0 Å². The molecule has 2 amide bonds. The molecule has 2 heterocycles. The number of hydrogen-bond acceptors (Lipinski definition) is 3. The topological polar surface area (TPSA) is 52.7 Å². The zero-order valence-electron chi connectivity index (χ0n) is 23.5. The smallest absolute Gasteiger partial charge is 0.371 e. The summed E-state index contributed by atoms with van der Waals surface area (Å²) in [5.74, 6) is -0.346. The van der Waals surface area contributed by atoms with Gasteiger partial charge in [-0.1, -0.05) is 35.3 Å². The monoisotopic (exact) mass is 629 g/mol. The summed E-state index contributed by atoms with van der Waals surface area (Å²) in [5.41, 5.74) is 3.26. The first-order chi connectivity index (χ1) is 20.5. The molecule has 1 N–H and O–H groups in total. The first-order valence-corrected chi connectivity index (χ1v) is 15.4. The quantitative estimate of drug-likeness (QED) is 0.319. The lowest BCUT2D eigenvalue weighted by atomic mass is 9.71. The number of benzene rings is 3. The summed E-state index contributed by atoms with van der Waals surface area (Å²) in [7, 11) is 0. The number of amides is 2. The van der Waals surface area contributed by atoms with E-state index in [1.807, 2.05) is 23.1 Å². The van der Waals surface area contributed by atoms with Gasteiger partial charge < -0.3 is 15.1 Å². The summed E-state index contributed by atoms with van der Waals surface area (Å²) in [6, 6.07) is 15.9. The van der Waals surface area contributed by atoms with Crippen LogP contribution < -0.4 is 10.2 Å². The highest BCUT2D eigenvalue weighted by Gasteiger charge is 2.39. The number of hydrogen-bond donors (Lipinski definition) is 1. The number of anilines is 1. The second-order valence-electron chi connectivity index (χ2n) is 11.9. The molecule has 0 aromatic heterocycles. The van der Waals surface area contributed by atoms with Crippen LogP contribution in [0.4, 0.5) is 18.9 Å². The molecule has 6 rings (SSSR count). The van der Waals surface area contributed by atoms with Crippen molar-refractivity contribution in [2.24, 2.45) is 5.41 Å². The molecule has 1 aliphatic carbocycles. The Morgan fingerprint density at radius 3 is 2.12 bits per heavy atom. The van der Waals surface area contributed by atoms with Gasteiger partial charge in [0.1, 0.15) is 0 Å². The Morgan fingerprint density at radius 1 is 0.860 bits per heavy atom. The van der Waals surface area contributed by atoms with Crippen LogP contribution in [0.3, 0.4) is 0 Å². The number of alkyl halides is 3. The molecule has 0 bridgehead atoms. The van der Waals surface area contributed by atoms with Crippen molar-refractivity contribution in [3.05, 3.63) is 98.5 Å². The molecular formula is C33H32Cl2F3N3O2. The predicted molar refractivity (Wildman–Crippen MR) is 162 cm³/mol. The minimum Gasteiger partial charge on any atom is -0.371 e. The van der Waals surface area contributed by atoms with Gasteiger partial charge in [0, 0.05) is 37.4 Å². The number of halogens is 5. The first-order valence-electron chi connectivity index (χ1n) is 14.6. The fraction of sp³-hybridized carbons (Fsp3) is 0.394. The SMILES string of the molecule is O=C(NC1CCc2ccc(C(=O)N3CCC4(CC3)CCN(c3ccc(C(F)(F)F)cc3)CC4)cc21)c1c(Cl)cccc1Cl. The van der Waals surface area contributed by atoms with Gasteiger partial charge in [0.25, 0.3) is 11.8 Å². The highest BCUT2D eigenvalue weighted by atomic mass is 35.5. The average Bonchev–Trinajstić information content (AvgIpc) is 3.39. The van der Waals surface area contributed by atoms with Crippen molar-refractivity contribution in [2.75, 3.05) is 31.1 Å². The van der Waals surface area contributed by atoms with E-state index in [-0.39, 0.29) is 28.8 Å². The lowest BCUT2D eigenvalue weighted by Gasteiger charge is -2.47. The number of nitrogens with zero attached hydrogens (tertiary/aromatic N) is 2.